The largest absolute Gasteiger partial charge is 0.409 e. The average molecular weight is 260 g/mol. The molecule has 2 heterocycles. The van der Waals surface area contributed by atoms with E-state index >= 15 is 0 Å². The molecule has 7 nitrogen and oxygen atoms in total. The fourth-order valence-corrected chi connectivity index (χ4v) is 2.31. The molecule has 1 fully saturated rings. The summed E-state index contributed by atoms with van der Waals surface area (Å²) in [5.74, 6) is 1.34. The SMILES string of the molecule is Cc1nn(C)c(-n2ccc(C3CC3)n2)c1C(N)=NO. The monoisotopic (exact) mass is 260 g/mol. The molecule has 0 saturated heterocycles. The number of oxime groups is 1. The van der Waals surface area contributed by atoms with E-state index in [1.165, 1.54) is 12.8 Å². The second-order valence-electron chi connectivity index (χ2n) is 4.85. The number of aryl methyl sites for hydroxylation is 2. The number of nitrogens with two attached hydrogens (primary N) is 1. The molecule has 0 aliphatic heterocycles. The van der Waals surface area contributed by atoms with Crippen LogP contribution in [0.4, 0.5) is 0 Å². The van der Waals surface area contributed by atoms with Crippen molar-refractivity contribution in [1.82, 2.24) is 19.6 Å². The molecule has 0 unspecified atom stereocenters. The van der Waals surface area contributed by atoms with Gasteiger partial charge in [0.2, 0.25) is 0 Å². The molecule has 1 aliphatic carbocycles. The fourth-order valence-electron chi connectivity index (χ4n) is 2.31. The fraction of sp³-hybridized carbons (Fsp3) is 0.417. The van der Waals surface area contributed by atoms with Crippen LogP contribution in [0.5, 0.6) is 0 Å². The number of amidine groups is 1. The van der Waals surface area contributed by atoms with Gasteiger partial charge in [0.15, 0.2) is 11.7 Å². The Balaban J connectivity index is 2.12. The molecule has 19 heavy (non-hydrogen) atoms. The highest BCUT2D eigenvalue weighted by molar-refractivity contribution is 6.00. The van der Waals surface area contributed by atoms with Gasteiger partial charge < -0.3 is 10.9 Å². The first kappa shape index (κ1) is 11.8. The first-order chi connectivity index (χ1) is 9.11. The van der Waals surface area contributed by atoms with Gasteiger partial charge in [-0.1, -0.05) is 5.16 Å². The zero-order valence-electron chi connectivity index (χ0n) is 10.9. The first-order valence-corrected chi connectivity index (χ1v) is 6.19. The molecule has 0 bridgehead atoms. The van der Waals surface area contributed by atoms with Gasteiger partial charge in [-0.2, -0.15) is 10.2 Å². The van der Waals surface area contributed by atoms with Gasteiger partial charge in [0.05, 0.1) is 17.0 Å². The molecule has 3 N–H and O–H groups in total. The normalized spacial score (nSPS) is 16.0. The van der Waals surface area contributed by atoms with Gasteiger partial charge in [-0.15, -0.1) is 0 Å². The van der Waals surface area contributed by atoms with E-state index < -0.39 is 0 Å². The summed E-state index contributed by atoms with van der Waals surface area (Å²) in [7, 11) is 1.81. The summed E-state index contributed by atoms with van der Waals surface area (Å²) in [5.41, 5.74) is 8.13. The molecule has 2 aromatic rings. The number of rotatable bonds is 3. The third kappa shape index (κ3) is 1.87. The van der Waals surface area contributed by atoms with E-state index in [-0.39, 0.29) is 5.84 Å². The lowest BCUT2D eigenvalue weighted by atomic mass is 10.2. The molecule has 0 spiro atoms. The van der Waals surface area contributed by atoms with Crippen molar-refractivity contribution in [2.24, 2.45) is 17.9 Å². The Morgan fingerprint density at radius 1 is 1.47 bits per heavy atom. The Hall–Kier alpha value is -2.31. The van der Waals surface area contributed by atoms with Crippen molar-refractivity contribution < 1.29 is 5.21 Å². The van der Waals surface area contributed by atoms with Crippen LogP contribution in [0.3, 0.4) is 0 Å². The summed E-state index contributed by atoms with van der Waals surface area (Å²) in [6.45, 7) is 1.82. The molecular formula is C12H16N6O. The molecule has 0 atom stereocenters. The maximum absolute atomic E-state index is 8.89. The number of aromatic nitrogens is 4. The minimum atomic E-state index is 0.0454. The van der Waals surface area contributed by atoms with Gasteiger partial charge in [-0.05, 0) is 25.8 Å². The van der Waals surface area contributed by atoms with Crippen molar-refractivity contribution in [3.8, 4) is 5.82 Å². The zero-order chi connectivity index (χ0) is 13.6. The third-order valence-electron chi connectivity index (χ3n) is 3.38. The molecule has 0 radical (unpaired) electrons. The van der Waals surface area contributed by atoms with Gasteiger partial charge >= 0.3 is 0 Å². The van der Waals surface area contributed by atoms with E-state index in [1.807, 2.05) is 26.2 Å². The molecule has 1 saturated carbocycles. The second kappa shape index (κ2) is 4.11. The van der Waals surface area contributed by atoms with Crippen molar-refractivity contribution in [2.45, 2.75) is 25.7 Å². The van der Waals surface area contributed by atoms with Gasteiger partial charge in [-0.3, -0.25) is 4.68 Å². The van der Waals surface area contributed by atoms with Crippen molar-refractivity contribution in [1.29, 1.82) is 0 Å². The van der Waals surface area contributed by atoms with Crippen molar-refractivity contribution in [3.05, 3.63) is 29.2 Å². The third-order valence-corrected chi connectivity index (χ3v) is 3.38. The molecule has 0 aromatic carbocycles. The minimum absolute atomic E-state index is 0.0454. The van der Waals surface area contributed by atoms with E-state index in [0.29, 0.717) is 23.0 Å². The van der Waals surface area contributed by atoms with E-state index in [1.54, 1.807) is 9.36 Å². The number of hydrogen-bond acceptors (Lipinski definition) is 4. The molecule has 1 aliphatic rings. The average Bonchev–Trinajstić information content (AvgIpc) is 3.05. The molecule has 7 heteroatoms. The lowest BCUT2D eigenvalue weighted by molar-refractivity contribution is 0.318. The van der Waals surface area contributed by atoms with E-state index in [9.17, 15) is 0 Å². The van der Waals surface area contributed by atoms with Crippen molar-refractivity contribution in [3.63, 3.8) is 0 Å². The highest BCUT2D eigenvalue weighted by Crippen LogP contribution is 2.39. The van der Waals surface area contributed by atoms with Crippen LogP contribution in [-0.2, 0) is 7.05 Å². The highest BCUT2D eigenvalue weighted by atomic mass is 16.4. The van der Waals surface area contributed by atoms with Crippen LogP contribution in [0.15, 0.2) is 17.4 Å². The molecule has 0 amide bonds. The number of hydrogen-bond donors (Lipinski definition) is 2. The van der Waals surface area contributed by atoms with Crippen LogP contribution in [0.2, 0.25) is 0 Å². The maximum Gasteiger partial charge on any atom is 0.175 e. The molecule has 3 rings (SSSR count). The smallest absolute Gasteiger partial charge is 0.175 e. The topological polar surface area (TPSA) is 94.2 Å². The first-order valence-electron chi connectivity index (χ1n) is 6.19. The van der Waals surface area contributed by atoms with Crippen molar-refractivity contribution in [2.75, 3.05) is 0 Å². The maximum atomic E-state index is 8.89. The second-order valence-corrected chi connectivity index (χ2v) is 4.85. The van der Waals surface area contributed by atoms with Crippen LogP contribution < -0.4 is 5.73 Å². The summed E-state index contributed by atoms with van der Waals surface area (Å²) >= 11 is 0. The standard InChI is InChI=1S/C12H16N6O/c1-7-10(11(13)16-19)12(17(2)14-7)18-6-5-9(15-18)8-3-4-8/h5-6,8,19H,3-4H2,1-2H3,(H2,13,16). The number of nitrogens with zero attached hydrogens (tertiary/aromatic N) is 5. The van der Waals surface area contributed by atoms with Gasteiger partial charge in [0, 0.05) is 19.2 Å². The van der Waals surface area contributed by atoms with Crippen molar-refractivity contribution >= 4 is 5.84 Å². The van der Waals surface area contributed by atoms with E-state index in [2.05, 4.69) is 15.4 Å². The van der Waals surface area contributed by atoms with Gasteiger partial charge in [0.1, 0.15) is 0 Å². The molecular weight excluding hydrogens is 244 g/mol. The minimum Gasteiger partial charge on any atom is -0.409 e. The van der Waals surface area contributed by atoms with Gasteiger partial charge in [-0.25, -0.2) is 4.68 Å². The summed E-state index contributed by atoms with van der Waals surface area (Å²) in [6, 6.07) is 2.01. The summed E-state index contributed by atoms with van der Waals surface area (Å²) < 4.78 is 3.42. The lowest BCUT2D eigenvalue weighted by Crippen LogP contribution is -2.17. The summed E-state index contributed by atoms with van der Waals surface area (Å²) in [5, 5.41) is 20.8. The van der Waals surface area contributed by atoms with Gasteiger partial charge in [0.25, 0.3) is 0 Å². The summed E-state index contributed by atoms with van der Waals surface area (Å²) in [4.78, 5) is 0. The molecule has 2 aromatic heterocycles. The molecule has 100 valence electrons. The Bertz CT molecular complexity index is 649. The van der Waals surface area contributed by atoms with E-state index in [0.717, 1.165) is 5.69 Å². The Labute approximate surface area is 110 Å². The Morgan fingerprint density at radius 2 is 2.21 bits per heavy atom. The van der Waals surface area contributed by atoms with E-state index in [4.69, 9.17) is 10.9 Å². The Kier molecular flexibility index (Phi) is 2.55. The predicted molar refractivity (Wildman–Crippen MR) is 69.6 cm³/mol. The quantitative estimate of drug-likeness (QED) is 0.371. The predicted octanol–water partition coefficient (Wildman–Crippen LogP) is 0.886. The summed E-state index contributed by atoms with van der Waals surface area (Å²) in [6.07, 6.45) is 4.29. The lowest BCUT2D eigenvalue weighted by Gasteiger charge is -2.05. The highest BCUT2D eigenvalue weighted by Gasteiger charge is 2.27. The van der Waals surface area contributed by atoms with Crippen LogP contribution in [-0.4, -0.2) is 30.6 Å². The Morgan fingerprint density at radius 3 is 2.84 bits per heavy atom. The van der Waals surface area contributed by atoms with Crippen LogP contribution >= 0.6 is 0 Å². The van der Waals surface area contributed by atoms with Crippen LogP contribution in [0.1, 0.15) is 35.7 Å². The van der Waals surface area contributed by atoms with Crippen LogP contribution in [0, 0.1) is 6.92 Å². The van der Waals surface area contributed by atoms with Crippen LogP contribution in [0.25, 0.3) is 5.82 Å². The zero-order valence-corrected chi connectivity index (χ0v) is 10.9.